The van der Waals surface area contributed by atoms with Crippen molar-refractivity contribution in [1.29, 1.82) is 0 Å². The molecule has 0 spiro atoms. The molecule has 0 aliphatic carbocycles. The van der Waals surface area contributed by atoms with E-state index in [1.165, 1.54) is 0 Å². The second-order valence-corrected chi connectivity index (χ2v) is 7.26. The summed E-state index contributed by atoms with van der Waals surface area (Å²) in [6, 6.07) is 7.87. The quantitative estimate of drug-likeness (QED) is 0.437. The minimum atomic E-state index is -0.0425. The number of anilines is 2. The lowest BCUT2D eigenvalue weighted by Crippen LogP contribution is -2.48. The van der Waals surface area contributed by atoms with Gasteiger partial charge in [0.05, 0.1) is 34.8 Å². The van der Waals surface area contributed by atoms with Crippen molar-refractivity contribution in [3.63, 3.8) is 0 Å². The number of H-pyrrole nitrogens is 1. The number of imidazole rings is 1. The molecule has 4 aromatic rings. The molecule has 0 unspecified atom stereocenters. The van der Waals surface area contributed by atoms with Crippen LogP contribution in [-0.2, 0) is 11.3 Å². The first-order chi connectivity index (χ1) is 13.7. The normalized spacial score (nSPS) is 14.6. The fourth-order valence-corrected chi connectivity index (χ4v) is 3.51. The van der Waals surface area contributed by atoms with Crippen molar-refractivity contribution >= 4 is 50.4 Å². The first-order valence-electron chi connectivity index (χ1n) is 8.78. The second kappa shape index (κ2) is 6.75. The fraction of sp³-hybridized carbons (Fsp3) is 0.235. The van der Waals surface area contributed by atoms with Crippen LogP contribution in [0.1, 0.15) is 5.82 Å². The number of hydrogen-bond donors (Lipinski definition) is 3. The zero-order valence-electron chi connectivity index (χ0n) is 14.7. The number of para-hydroxylation sites is 2. The molecule has 1 aliphatic rings. The molecule has 0 atom stereocenters. The van der Waals surface area contributed by atoms with Gasteiger partial charge in [-0.15, -0.1) is 0 Å². The summed E-state index contributed by atoms with van der Waals surface area (Å²) < 4.78 is 2.38. The summed E-state index contributed by atoms with van der Waals surface area (Å²) in [5.74, 6) is 1.75. The Balaban J connectivity index is 1.47. The molecule has 3 N–H and O–H groups in total. The fourth-order valence-electron chi connectivity index (χ4n) is 3.16. The number of amides is 1. The predicted octanol–water partition coefficient (Wildman–Crippen LogP) is 1.31. The van der Waals surface area contributed by atoms with Gasteiger partial charge in [-0.25, -0.2) is 4.98 Å². The number of aromatic nitrogens is 6. The molecule has 1 amide bonds. The van der Waals surface area contributed by atoms with Crippen LogP contribution in [0, 0.1) is 0 Å². The van der Waals surface area contributed by atoms with Crippen molar-refractivity contribution in [2.24, 2.45) is 0 Å². The first kappa shape index (κ1) is 16.9. The van der Waals surface area contributed by atoms with Gasteiger partial charge in [-0.2, -0.15) is 19.6 Å². The molecule has 28 heavy (non-hydrogen) atoms. The third kappa shape index (κ3) is 3.03. The highest BCUT2D eigenvalue weighted by atomic mass is 79.9. The lowest BCUT2D eigenvalue weighted by molar-refractivity contribution is -0.120. The largest absolute Gasteiger partial charge is 0.353 e. The van der Waals surface area contributed by atoms with E-state index in [2.05, 4.69) is 51.6 Å². The van der Waals surface area contributed by atoms with Crippen LogP contribution in [0.25, 0.3) is 16.7 Å². The summed E-state index contributed by atoms with van der Waals surface area (Å²) in [6.07, 6.45) is 1.67. The summed E-state index contributed by atoms with van der Waals surface area (Å²) in [5, 5.41) is 10.4. The number of fused-ring (bicyclic) bond motifs is 2. The zero-order valence-corrected chi connectivity index (χ0v) is 16.3. The number of rotatable bonds is 4. The van der Waals surface area contributed by atoms with Crippen molar-refractivity contribution in [3.05, 3.63) is 40.8 Å². The van der Waals surface area contributed by atoms with E-state index in [0.29, 0.717) is 37.2 Å². The molecule has 4 heterocycles. The maximum absolute atomic E-state index is 11.7. The van der Waals surface area contributed by atoms with Crippen LogP contribution in [0.15, 0.2) is 34.9 Å². The summed E-state index contributed by atoms with van der Waals surface area (Å²) in [4.78, 5) is 30.6. The van der Waals surface area contributed by atoms with Gasteiger partial charge in [0.1, 0.15) is 5.82 Å². The lowest BCUT2D eigenvalue weighted by atomic mass is 10.3. The minimum absolute atomic E-state index is 0.0425. The summed E-state index contributed by atoms with van der Waals surface area (Å²) in [7, 11) is 0. The predicted molar refractivity (Wildman–Crippen MR) is 107 cm³/mol. The second-order valence-electron chi connectivity index (χ2n) is 6.40. The number of nitrogens with zero attached hydrogens (tertiary/aromatic N) is 6. The number of carbonyl (C=O) groups excluding carboxylic acids is 1. The Morgan fingerprint density at radius 2 is 2.11 bits per heavy atom. The van der Waals surface area contributed by atoms with Gasteiger partial charge in [0, 0.05) is 13.1 Å². The van der Waals surface area contributed by atoms with Crippen molar-refractivity contribution in [2.75, 3.05) is 29.9 Å². The van der Waals surface area contributed by atoms with E-state index in [1.807, 2.05) is 29.2 Å². The average molecular weight is 442 g/mol. The molecule has 3 aromatic heterocycles. The molecule has 1 aliphatic heterocycles. The third-order valence-electron chi connectivity index (χ3n) is 4.49. The highest BCUT2D eigenvalue weighted by Gasteiger charge is 2.21. The maximum atomic E-state index is 11.7. The lowest BCUT2D eigenvalue weighted by Gasteiger charge is -2.26. The van der Waals surface area contributed by atoms with Gasteiger partial charge in [-0.1, -0.05) is 12.1 Å². The SMILES string of the molecule is O=C1CN(c2nc(NCc3nc4ccccc4[nH]3)n3ncc(Br)c3n2)CCN1. The Labute approximate surface area is 167 Å². The summed E-state index contributed by atoms with van der Waals surface area (Å²) in [5.41, 5.74) is 2.52. The van der Waals surface area contributed by atoms with Crippen molar-refractivity contribution < 1.29 is 4.79 Å². The van der Waals surface area contributed by atoms with E-state index in [4.69, 9.17) is 0 Å². The van der Waals surface area contributed by atoms with Gasteiger partial charge >= 0.3 is 0 Å². The van der Waals surface area contributed by atoms with Crippen LogP contribution in [0.5, 0.6) is 0 Å². The Bertz CT molecular complexity index is 1150. The van der Waals surface area contributed by atoms with Crippen LogP contribution >= 0.6 is 15.9 Å². The van der Waals surface area contributed by atoms with Gasteiger partial charge in [0.2, 0.25) is 17.8 Å². The first-order valence-corrected chi connectivity index (χ1v) is 9.57. The van der Waals surface area contributed by atoms with Crippen LogP contribution < -0.4 is 15.5 Å². The molecule has 0 bridgehead atoms. The van der Waals surface area contributed by atoms with E-state index in [9.17, 15) is 4.79 Å². The highest BCUT2D eigenvalue weighted by molar-refractivity contribution is 9.10. The van der Waals surface area contributed by atoms with Crippen LogP contribution in [0.3, 0.4) is 0 Å². The number of piperazine rings is 1. The third-order valence-corrected chi connectivity index (χ3v) is 5.05. The highest BCUT2D eigenvalue weighted by Crippen LogP contribution is 2.22. The topological polar surface area (TPSA) is 116 Å². The van der Waals surface area contributed by atoms with E-state index in [-0.39, 0.29) is 12.5 Å². The Kier molecular flexibility index (Phi) is 4.08. The van der Waals surface area contributed by atoms with E-state index in [1.54, 1.807) is 10.7 Å². The number of benzene rings is 1. The molecule has 1 fully saturated rings. The maximum Gasteiger partial charge on any atom is 0.239 e. The van der Waals surface area contributed by atoms with E-state index >= 15 is 0 Å². The molecule has 5 rings (SSSR count). The van der Waals surface area contributed by atoms with Gasteiger partial charge in [0.15, 0.2) is 5.65 Å². The van der Waals surface area contributed by atoms with E-state index in [0.717, 1.165) is 21.3 Å². The Morgan fingerprint density at radius 1 is 1.21 bits per heavy atom. The molecule has 11 heteroatoms. The number of nitrogens with one attached hydrogen (secondary N) is 3. The number of halogens is 1. The molecule has 0 radical (unpaired) electrons. The van der Waals surface area contributed by atoms with Gasteiger partial charge in [-0.05, 0) is 28.1 Å². The molecule has 142 valence electrons. The molecule has 1 saturated heterocycles. The minimum Gasteiger partial charge on any atom is -0.353 e. The smallest absolute Gasteiger partial charge is 0.239 e. The molecular formula is C17H16BrN9O. The zero-order chi connectivity index (χ0) is 19.1. The molecule has 1 aromatic carbocycles. The van der Waals surface area contributed by atoms with Crippen LogP contribution in [0.4, 0.5) is 11.9 Å². The molecule has 0 saturated carbocycles. The molecular weight excluding hydrogens is 426 g/mol. The van der Waals surface area contributed by atoms with Crippen LogP contribution in [0.2, 0.25) is 0 Å². The van der Waals surface area contributed by atoms with Gasteiger partial charge < -0.3 is 20.5 Å². The number of carbonyl (C=O) groups is 1. The Hall–Kier alpha value is -3.21. The average Bonchev–Trinajstić information content (AvgIpc) is 3.29. The van der Waals surface area contributed by atoms with Crippen molar-refractivity contribution in [1.82, 2.24) is 34.9 Å². The monoisotopic (exact) mass is 441 g/mol. The van der Waals surface area contributed by atoms with Crippen molar-refractivity contribution in [2.45, 2.75) is 6.54 Å². The standard InChI is InChI=1S/C17H16BrN9O/c18-10-7-21-27-15(10)24-17(26-6-5-19-14(28)9-26)25-16(27)20-8-13-22-11-3-1-2-4-12(11)23-13/h1-4,7H,5-6,8-9H2,(H,19,28)(H,22,23)(H,20,24,25). The number of hydrogen-bond acceptors (Lipinski definition) is 7. The Morgan fingerprint density at radius 3 is 2.96 bits per heavy atom. The summed E-state index contributed by atoms with van der Waals surface area (Å²) >= 11 is 3.47. The van der Waals surface area contributed by atoms with Crippen molar-refractivity contribution in [3.8, 4) is 0 Å². The van der Waals surface area contributed by atoms with Crippen LogP contribution in [-0.4, -0.2) is 55.1 Å². The van der Waals surface area contributed by atoms with Gasteiger partial charge in [-0.3, -0.25) is 4.79 Å². The summed E-state index contributed by atoms with van der Waals surface area (Å²) in [6.45, 7) is 1.88. The van der Waals surface area contributed by atoms with E-state index < -0.39 is 0 Å². The number of aromatic amines is 1. The van der Waals surface area contributed by atoms with Gasteiger partial charge in [0.25, 0.3) is 0 Å². The molecule has 10 nitrogen and oxygen atoms in total.